The van der Waals surface area contributed by atoms with Crippen molar-refractivity contribution in [3.8, 4) is 5.75 Å². The van der Waals surface area contributed by atoms with Gasteiger partial charge in [0.05, 0.1) is 5.56 Å². The van der Waals surface area contributed by atoms with E-state index < -0.39 is 17.6 Å². The van der Waals surface area contributed by atoms with Crippen molar-refractivity contribution in [1.82, 2.24) is 0 Å². The molecular formula is C18H18F3NO2. The number of hydrogen-bond acceptors (Lipinski definition) is 2. The Labute approximate surface area is 138 Å². The lowest BCUT2D eigenvalue weighted by molar-refractivity contribution is -0.137. The fourth-order valence-corrected chi connectivity index (χ4v) is 2.17. The highest BCUT2D eigenvalue weighted by molar-refractivity contribution is 5.91. The number of halogens is 3. The molecule has 6 heteroatoms. The van der Waals surface area contributed by atoms with Crippen molar-refractivity contribution in [2.45, 2.75) is 25.9 Å². The largest absolute Gasteiger partial charge is 0.483 e. The van der Waals surface area contributed by atoms with E-state index in [0.29, 0.717) is 5.75 Å². The number of anilines is 1. The second kappa shape index (κ2) is 7.38. The lowest BCUT2D eigenvalue weighted by Gasteiger charge is -2.14. The van der Waals surface area contributed by atoms with E-state index in [1.54, 1.807) is 6.07 Å². The van der Waals surface area contributed by atoms with Crippen LogP contribution in [0.1, 0.15) is 30.9 Å². The van der Waals surface area contributed by atoms with Crippen LogP contribution in [0.3, 0.4) is 0 Å². The first-order valence-electron chi connectivity index (χ1n) is 7.46. The maximum absolute atomic E-state index is 12.5. The Bertz CT molecular complexity index is 694. The summed E-state index contributed by atoms with van der Waals surface area (Å²) in [5.74, 6) is 0.433. The summed E-state index contributed by atoms with van der Waals surface area (Å²) in [6.45, 7) is 3.82. The molecule has 0 aliphatic heterocycles. The van der Waals surface area contributed by atoms with Gasteiger partial charge in [0.15, 0.2) is 6.61 Å². The van der Waals surface area contributed by atoms with Gasteiger partial charge in [-0.05, 0) is 41.8 Å². The molecule has 1 N–H and O–H groups in total. The van der Waals surface area contributed by atoms with Gasteiger partial charge in [0.2, 0.25) is 0 Å². The number of carbonyl (C=O) groups is 1. The Balaban J connectivity index is 1.95. The number of ether oxygens (including phenoxy) is 1. The molecule has 1 amide bonds. The number of amides is 1. The van der Waals surface area contributed by atoms with Crippen molar-refractivity contribution in [2.75, 3.05) is 11.9 Å². The standard InChI is InChI=1S/C18H18F3NO2/c1-12(2)15-5-3-4-6-16(15)24-11-17(23)22-14-9-7-13(8-10-14)18(19,20)21/h3-10,12H,11H2,1-2H3,(H,22,23). The molecule has 0 unspecified atom stereocenters. The van der Waals surface area contributed by atoms with E-state index in [0.717, 1.165) is 17.7 Å². The van der Waals surface area contributed by atoms with Crippen LogP contribution in [0.4, 0.5) is 18.9 Å². The van der Waals surface area contributed by atoms with Crippen molar-refractivity contribution in [1.29, 1.82) is 0 Å². The molecule has 0 bridgehead atoms. The van der Waals surface area contributed by atoms with E-state index >= 15 is 0 Å². The quantitative estimate of drug-likeness (QED) is 0.847. The molecule has 0 aromatic heterocycles. The minimum Gasteiger partial charge on any atom is -0.483 e. The van der Waals surface area contributed by atoms with Gasteiger partial charge in [-0.15, -0.1) is 0 Å². The average Bonchev–Trinajstić information content (AvgIpc) is 2.53. The lowest BCUT2D eigenvalue weighted by atomic mass is 10.0. The predicted molar refractivity (Wildman–Crippen MR) is 86.1 cm³/mol. The van der Waals surface area contributed by atoms with Crippen molar-refractivity contribution in [3.05, 3.63) is 59.7 Å². The van der Waals surface area contributed by atoms with Crippen LogP contribution in [0, 0.1) is 0 Å². The first kappa shape index (κ1) is 17.8. The van der Waals surface area contributed by atoms with Gasteiger partial charge in [-0.3, -0.25) is 4.79 Å². The number of rotatable bonds is 5. The molecular weight excluding hydrogens is 319 g/mol. The molecule has 128 valence electrons. The van der Waals surface area contributed by atoms with E-state index in [2.05, 4.69) is 5.32 Å². The summed E-state index contributed by atoms with van der Waals surface area (Å²) in [4.78, 5) is 11.9. The topological polar surface area (TPSA) is 38.3 Å². The minimum absolute atomic E-state index is 0.218. The van der Waals surface area contributed by atoms with Gasteiger partial charge in [0.1, 0.15) is 5.75 Å². The number of carbonyl (C=O) groups excluding carboxylic acids is 1. The highest BCUT2D eigenvalue weighted by Crippen LogP contribution is 2.30. The maximum Gasteiger partial charge on any atom is 0.416 e. The molecule has 0 aliphatic rings. The van der Waals surface area contributed by atoms with Crippen LogP contribution in [0.15, 0.2) is 48.5 Å². The fraction of sp³-hybridized carbons (Fsp3) is 0.278. The highest BCUT2D eigenvalue weighted by Gasteiger charge is 2.29. The third kappa shape index (κ3) is 4.75. The van der Waals surface area contributed by atoms with Gasteiger partial charge in [0.25, 0.3) is 5.91 Å². The summed E-state index contributed by atoms with van der Waals surface area (Å²) >= 11 is 0. The molecule has 2 aromatic rings. The lowest BCUT2D eigenvalue weighted by Crippen LogP contribution is -2.20. The van der Waals surface area contributed by atoms with Gasteiger partial charge in [-0.25, -0.2) is 0 Å². The normalized spacial score (nSPS) is 11.4. The zero-order valence-corrected chi connectivity index (χ0v) is 13.4. The SMILES string of the molecule is CC(C)c1ccccc1OCC(=O)Nc1ccc(C(F)(F)F)cc1. The summed E-state index contributed by atoms with van der Waals surface area (Å²) in [7, 11) is 0. The zero-order chi connectivity index (χ0) is 17.7. The van der Waals surface area contributed by atoms with Gasteiger partial charge in [0, 0.05) is 5.69 Å². The zero-order valence-electron chi connectivity index (χ0n) is 13.4. The molecule has 0 atom stereocenters. The number of hydrogen-bond donors (Lipinski definition) is 1. The van der Waals surface area contributed by atoms with Gasteiger partial charge >= 0.3 is 6.18 Å². The molecule has 0 saturated heterocycles. The van der Waals surface area contributed by atoms with Crippen LogP contribution in [-0.4, -0.2) is 12.5 Å². The van der Waals surface area contributed by atoms with E-state index in [9.17, 15) is 18.0 Å². The number of alkyl halides is 3. The molecule has 3 nitrogen and oxygen atoms in total. The summed E-state index contributed by atoms with van der Waals surface area (Å²) in [5, 5.41) is 2.51. The van der Waals surface area contributed by atoms with Gasteiger partial charge in [-0.1, -0.05) is 32.0 Å². The van der Waals surface area contributed by atoms with Crippen molar-refractivity contribution in [3.63, 3.8) is 0 Å². The molecule has 0 fully saturated rings. The Morgan fingerprint density at radius 2 is 1.71 bits per heavy atom. The second-order valence-electron chi connectivity index (χ2n) is 5.60. The van der Waals surface area contributed by atoms with Crippen LogP contribution in [0.25, 0.3) is 0 Å². The summed E-state index contributed by atoms with van der Waals surface area (Å²) in [6, 6.07) is 11.7. The van der Waals surface area contributed by atoms with Crippen molar-refractivity contribution in [2.24, 2.45) is 0 Å². The summed E-state index contributed by atoms with van der Waals surface area (Å²) in [6.07, 6.45) is -4.40. The van der Waals surface area contributed by atoms with Crippen molar-refractivity contribution < 1.29 is 22.7 Å². The molecule has 24 heavy (non-hydrogen) atoms. The molecule has 2 rings (SSSR count). The van der Waals surface area contributed by atoms with Gasteiger partial charge in [-0.2, -0.15) is 13.2 Å². The molecule has 0 aliphatic carbocycles. The Hall–Kier alpha value is -2.50. The summed E-state index contributed by atoms with van der Waals surface area (Å²) in [5.41, 5.74) is 0.510. The third-order valence-corrected chi connectivity index (χ3v) is 3.40. The van der Waals surface area contributed by atoms with E-state index in [4.69, 9.17) is 4.74 Å². The smallest absolute Gasteiger partial charge is 0.416 e. The minimum atomic E-state index is -4.40. The second-order valence-corrected chi connectivity index (χ2v) is 5.60. The molecule has 0 heterocycles. The monoisotopic (exact) mass is 337 g/mol. The Morgan fingerprint density at radius 1 is 1.08 bits per heavy atom. The molecule has 0 spiro atoms. The molecule has 2 aromatic carbocycles. The predicted octanol–water partition coefficient (Wildman–Crippen LogP) is 4.85. The number of para-hydroxylation sites is 1. The molecule has 0 radical (unpaired) electrons. The van der Waals surface area contributed by atoms with Gasteiger partial charge < -0.3 is 10.1 Å². The van der Waals surface area contributed by atoms with Crippen LogP contribution >= 0.6 is 0 Å². The first-order chi connectivity index (χ1) is 11.3. The van der Waals surface area contributed by atoms with Crippen LogP contribution in [-0.2, 0) is 11.0 Å². The molecule has 0 saturated carbocycles. The van der Waals surface area contributed by atoms with E-state index in [1.807, 2.05) is 32.0 Å². The maximum atomic E-state index is 12.5. The van der Waals surface area contributed by atoms with E-state index in [-0.39, 0.29) is 18.2 Å². The van der Waals surface area contributed by atoms with Crippen LogP contribution < -0.4 is 10.1 Å². The Kier molecular flexibility index (Phi) is 5.49. The van der Waals surface area contributed by atoms with Crippen molar-refractivity contribution >= 4 is 11.6 Å². The Morgan fingerprint density at radius 3 is 2.29 bits per heavy atom. The first-order valence-corrected chi connectivity index (χ1v) is 7.46. The van der Waals surface area contributed by atoms with E-state index in [1.165, 1.54) is 12.1 Å². The average molecular weight is 337 g/mol. The van der Waals surface area contributed by atoms with Crippen LogP contribution in [0.5, 0.6) is 5.75 Å². The number of benzene rings is 2. The third-order valence-electron chi connectivity index (χ3n) is 3.40. The summed E-state index contributed by atoms with van der Waals surface area (Å²) < 4.78 is 43.0. The number of nitrogens with one attached hydrogen (secondary N) is 1. The highest BCUT2D eigenvalue weighted by atomic mass is 19.4. The fourth-order valence-electron chi connectivity index (χ4n) is 2.17. The van der Waals surface area contributed by atoms with Crippen LogP contribution in [0.2, 0.25) is 0 Å².